The topological polar surface area (TPSA) is 111 Å². The molecule has 0 N–H and O–H groups in total. The van der Waals surface area contributed by atoms with Crippen LogP contribution in [0.4, 0.5) is 10.2 Å². The van der Waals surface area contributed by atoms with Crippen LogP contribution in [0.2, 0.25) is 0 Å². The van der Waals surface area contributed by atoms with Gasteiger partial charge in [0.05, 0.1) is 28.8 Å². The summed E-state index contributed by atoms with van der Waals surface area (Å²) >= 11 is 3.46. The zero-order valence-corrected chi connectivity index (χ0v) is 28.8. The Hall–Kier alpha value is -3.34. The van der Waals surface area contributed by atoms with Gasteiger partial charge in [0.25, 0.3) is 0 Å². The maximum absolute atomic E-state index is 16.3. The van der Waals surface area contributed by atoms with Crippen molar-refractivity contribution in [3.63, 3.8) is 0 Å². The second-order valence-electron chi connectivity index (χ2n) is 13.2. The molecule has 1 amide bonds. The van der Waals surface area contributed by atoms with E-state index in [4.69, 9.17) is 14.7 Å². The highest BCUT2D eigenvalue weighted by molar-refractivity contribution is 9.10. The molecule has 11 nitrogen and oxygen atoms in total. The zero-order valence-electron chi connectivity index (χ0n) is 27.2. The van der Waals surface area contributed by atoms with Crippen LogP contribution in [0, 0.1) is 23.1 Å². The summed E-state index contributed by atoms with van der Waals surface area (Å²) in [7, 11) is 7.57. The van der Waals surface area contributed by atoms with Crippen molar-refractivity contribution in [3.05, 3.63) is 27.7 Å². The molecule has 246 valence electrons. The maximum atomic E-state index is 16.3. The van der Waals surface area contributed by atoms with E-state index in [-0.39, 0.29) is 48.4 Å². The number of likely N-dealkylation sites (N-methyl/N-ethyl adjacent to an activating group) is 1. The van der Waals surface area contributed by atoms with Crippen molar-refractivity contribution in [1.82, 2.24) is 29.2 Å². The van der Waals surface area contributed by atoms with Gasteiger partial charge in [0.15, 0.2) is 11.6 Å². The van der Waals surface area contributed by atoms with Gasteiger partial charge in [-0.3, -0.25) is 14.5 Å². The number of nitrogens with zero attached hydrogens (tertiary/aromatic N) is 8. The molecule has 0 radical (unpaired) electrons. The zero-order chi connectivity index (χ0) is 32.9. The number of anilines is 1. The van der Waals surface area contributed by atoms with E-state index in [2.05, 4.69) is 48.2 Å². The Labute approximate surface area is 277 Å². The maximum Gasteiger partial charge on any atom is 0.323 e. The first-order valence-electron chi connectivity index (χ1n) is 16.2. The fourth-order valence-electron chi connectivity index (χ4n) is 7.00. The van der Waals surface area contributed by atoms with Crippen molar-refractivity contribution < 1.29 is 18.7 Å². The van der Waals surface area contributed by atoms with Gasteiger partial charge >= 0.3 is 5.97 Å². The van der Waals surface area contributed by atoms with Crippen molar-refractivity contribution in [1.29, 1.82) is 5.26 Å². The lowest BCUT2D eigenvalue weighted by Crippen LogP contribution is -2.57. The van der Waals surface area contributed by atoms with E-state index >= 15 is 4.39 Å². The second kappa shape index (κ2) is 13.0. The van der Waals surface area contributed by atoms with Gasteiger partial charge in [-0.05, 0) is 60.9 Å². The molecule has 4 fully saturated rings. The van der Waals surface area contributed by atoms with Crippen LogP contribution < -0.4 is 4.90 Å². The van der Waals surface area contributed by atoms with E-state index in [1.165, 1.54) is 0 Å². The minimum Gasteiger partial charge on any atom is -0.465 e. The van der Waals surface area contributed by atoms with Crippen LogP contribution in [-0.4, -0.2) is 108 Å². The van der Waals surface area contributed by atoms with E-state index in [1.54, 1.807) is 19.0 Å². The van der Waals surface area contributed by atoms with Crippen LogP contribution >= 0.6 is 15.9 Å². The number of unbranched alkanes of at least 4 members (excludes halogenated alkanes) is 1. The summed E-state index contributed by atoms with van der Waals surface area (Å²) in [6.07, 6.45) is 3.53. The molecular formula is C33H42BrFN8O3. The van der Waals surface area contributed by atoms with Crippen LogP contribution in [0.3, 0.4) is 0 Å². The molecule has 4 unspecified atom stereocenters. The molecule has 46 heavy (non-hydrogen) atoms. The number of amides is 1. The number of hydrogen-bond acceptors (Lipinski definition) is 9. The van der Waals surface area contributed by atoms with Crippen LogP contribution in [0.5, 0.6) is 0 Å². The third kappa shape index (κ3) is 5.62. The van der Waals surface area contributed by atoms with Crippen molar-refractivity contribution in [2.45, 2.75) is 70.1 Å². The number of fused-ring (bicyclic) bond motifs is 4. The molecule has 4 saturated heterocycles. The molecule has 2 bridgehead atoms. The van der Waals surface area contributed by atoms with Gasteiger partial charge in [0.2, 0.25) is 5.91 Å². The molecule has 0 aliphatic carbocycles. The number of halogens is 2. The van der Waals surface area contributed by atoms with E-state index in [9.17, 15) is 14.9 Å². The van der Waals surface area contributed by atoms with Crippen molar-refractivity contribution >= 4 is 55.6 Å². The molecule has 4 atom stereocenters. The number of aromatic nitrogens is 3. The van der Waals surface area contributed by atoms with Crippen LogP contribution in [0.15, 0.2) is 10.5 Å². The number of pyridine rings is 1. The van der Waals surface area contributed by atoms with Gasteiger partial charge in [-0.2, -0.15) is 5.26 Å². The molecule has 0 saturated carbocycles. The highest BCUT2D eigenvalue weighted by atomic mass is 79.9. The van der Waals surface area contributed by atoms with Gasteiger partial charge in [0, 0.05) is 70.3 Å². The third-order valence-electron chi connectivity index (χ3n) is 9.80. The van der Waals surface area contributed by atoms with Crippen molar-refractivity contribution in [2.75, 3.05) is 59.3 Å². The number of imidazole rings is 1. The summed E-state index contributed by atoms with van der Waals surface area (Å²) in [5, 5.41) is 9.92. The number of carbonyl (C=O) groups excluding carboxylic acids is 2. The predicted octanol–water partition coefficient (Wildman–Crippen LogP) is 4.26. The van der Waals surface area contributed by atoms with E-state index < -0.39 is 5.82 Å². The normalized spacial score (nSPS) is 22.3. The highest BCUT2D eigenvalue weighted by Crippen LogP contribution is 2.51. The Kier molecular flexibility index (Phi) is 9.24. The predicted molar refractivity (Wildman–Crippen MR) is 177 cm³/mol. The van der Waals surface area contributed by atoms with Gasteiger partial charge < -0.3 is 24.0 Å². The Balaban J connectivity index is 1.53. The van der Waals surface area contributed by atoms with E-state index in [0.717, 1.165) is 38.0 Å². The fraction of sp³-hybridized carbons (Fsp3) is 0.606. The lowest BCUT2D eigenvalue weighted by atomic mass is 9.98. The average Bonchev–Trinajstić information content (AvgIpc) is 3.69. The minimum atomic E-state index is -0.468. The van der Waals surface area contributed by atoms with Gasteiger partial charge in [-0.1, -0.05) is 13.3 Å². The molecule has 0 spiro atoms. The van der Waals surface area contributed by atoms with Gasteiger partial charge in [0.1, 0.15) is 22.9 Å². The summed E-state index contributed by atoms with van der Waals surface area (Å²) in [5.74, 6) is 0.824. The number of benzene rings is 1. The number of ether oxygens (including phenoxy) is 1. The van der Waals surface area contributed by atoms with Gasteiger partial charge in [-0.15, -0.1) is 0 Å². The lowest BCUT2D eigenvalue weighted by Gasteiger charge is -2.44. The molecule has 2 aromatic heterocycles. The SMILES string of the molecule is CCCCOC(=O)C1CC2CN1C2n1c(CCC(=O)N(C)C)nc2c(N3CC(N(C)C)C3)nc3c(F)c(Br)c(CCC#N)cc3c21. The highest BCUT2D eigenvalue weighted by Gasteiger charge is 2.56. The van der Waals surface area contributed by atoms with Crippen molar-refractivity contribution in [3.8, 4) is 6.07 Å². The monoisotopic (exact) mass is 696 g/mol. The molecular weight excluding hydrogens is 655 g/mol. The quantitative estimate of drug-likeness (QED) is 0.203. The molecule has 6 heterocycles. The molecule has 1 aromatic carbocycles. The van der Waals surface area contributed by atoms with E-state index in [1.807, 2.05) is 20.2 Å². The van der Waals surface area contributed by atoms with Crippen LogP contribution in [-0.2, 0) is 27.2 Å². The lowest BCUT2D eigenvalue weighted by molar-refractivity contribution is -0.150. The summed E-state index contributed by atoms with van der Waals surface area (Å²) in [6.45, 7) is 4.69. The number of hydrogen-bond donors (Lipinski definition) is 0. The first kappa shape index (κ1) is 32.6. The first-order chi connectivity index (χ1) is 22.0. The van der Waals surface area contributed by atoms with Crippen LogP contribution in [0.25, 0.3) is 21.9 Å². The molecule has 13 heteroatoms. The fourth-order valence-corrected chi connectivity index (χ4v) is 7.50. The largest absolute Gasteiger partial charge is 0.465 e. The minimum absolute atomic E-state index is 0.0126. The number of carbonyl (C=O) groups is 2. The Morgan fingerprint density at radius 2 is 1.91 bits per heavy atom. The standard InChI is InChI=1S/C33H42BrFN8O3/c1-6-7-13-46-33(45)23-15-20-16-42(23)32(20)43-24(10-11-25(44)40(4)5)37-29-30(43)22-14-19(9-8-12-36)26(34)27(35)28(22)38-31(29)41-17-21(18-41)39(2)3/h14,20-21,23,32H,6-11,13,15-18H2,1-5H3. The van der Waals surface area contributed by atoms with Crippen LogP contribution in [0.1, 0.15) is 56.6 Å². The first-order valence-corrected chi connectivity index (χ1v) is 17.0. The summed E-state index contributed by atoms with van der Waals surface area (Å²) in [4.78, 5) is 44.1. The number of nitriles is 1. The molecule has 7 rings (SSSR count). The summed E-state index contributed by atoms with van der Waals surface area (Å²) < 4.78 is 24.4. The Morgan fingerprint density at radius 3 is 2.59 bits per heavy atom. The summed E-state index contributed by atoms with van der Waals surface area (Å²) in [5.41, 5.74) is 2.34. The van der Waals surface area contributed by atoms with Gasteiger partial charge in [-0.25, -0.2) is 14.4 Å². The average molecular weight is 698 g/mol. The van der Waals surface area contributed by atoms with E-state index in [0.29, 0.717) is 64.5 Å². The number of rotatable bonds is 12. The molecule has 4 aliphatic rings. The number of esters is 1. The number of aryl methyl sites for hydroxylation is 2. The summed E-state index contributed by atoms with van der Waals surface area (Å²) in [6, 6.07) is 4.07. The smallest absolute Gasteiger partial charge is 0.323 e. The van der Waals surface area contributed by atoms with Crippen molar-refractivity contribution in [2.24, 2.45) is 5.92 Å². The Bertz CT molecular complexity index is 1710. The molecule has 3 aromatic rings. The second-order valence-corrected chi connectivity index (χ2v) is 14.0. The Morgan fingerprint density at radius 1 is 1.15 bits per heavy atom. The third-order valence-corrected chi connectivity index (χ3v) is 10.7. The molecule has 4 aliphatic heterocycles.